The van der Waals surface area contributed by atoms with Gasteiger partial charge in [0, 0.05) is 29.1 Å². The fraction of sp³-hybridized carbons (Fsp3) is 0. The predicted octanol–water partition coefficient (Wildman–Crippen LogP) is 5.10. The number of carbonyl (C=O) groups excluding carboxylic acids is 2. The number of hydrogen-bond donors (Lipinski definition) is 0. The van der Waals surface area contributed by atoms with Crippen LogP contribution in [-0.4, -0.2) is 22.5 Å². The maximum atomic E-state index is 11.0. The van der Waals surface area contributed by atoms with Gasteiger partial charge in [0.2, 0.25) is 0 Å². The molecule has 2 heterocycles. The third kappa shape index (κ3) is 3.35. The number of hydrogen-bond acceptors (Lipinski definition) is 4. The number of carbonyl (C=O) groups is 2. The van der Waals surface area contributed by atoms with Crippen molar-refractivity contribution in [3.8, 4) is 33.6 Å². The highest BCUT2D eigenvalue weighted by molar-refractivity contribution is 5.93. The molecule has 0 bridgehead atoms. The molecule has 0 spiro atoms. The van der Waals surface area contributed by atoms with Crippen molar-refractivity contribution in [3.63, 3.8) is 0 Å². The van der Waals surface area contributed by atoms with Crippen LogP contribution in [0.2, 0.25) is 0 Å². The van der Waals surface area contributed by atoms with E-state index in [0.29, 0.717) is 11.1 Å². The third-order valence-electron chi connectivity index (χ3n) is 4.55. The zero-order valence-corrected chi connectivity index (χ0v) is 14.9. The minimum atomic E-state index is 0.615. The Kier molecular flexibility index (Phi) is 4.85. The lowest BCUT2D eigenvalue weighted by Gasteiger charge is -2.15. The van der Waals surface area contributed by atoms with Crippen LogP contribution in [0.25, 0.3) is 33.6 Å². The molecule has 0 aliphatic rings. The zero-order valence-electron chi connectivity index (χ0n) is 14.9. The maximum Gasteiger partial charge on any atom is 0.150 e. The average Bonchev–Trinajstić information content (AvgIpc) is 2.79. The van der Waals surface area contributed by atoms with Crippen molar-refractivity contribution in [2.75, 3.05) is 0 Å². The summed E-state index contributed by atoms with van der Waals surface area (Å²) in [5, 5.41) is 0. The number of aldehydes is 2. The molecule has 0 aliphatic heterocycles. The Balaban J connectivity index is 1.97. The highest BCUT2D eigenvalue weighted by atomic mass is 16.1. The minimum Gasteiger partial charge on any atom is -0.298 e. The van der Waals surface area contributed by atoms with Gasteiger partial charge in [-0.2, -0.15) is 0 Å². The van der Waals surface area contributed by atoms with Crippen LogP contribution in [0.5, 0.6) is 0 Å². The maximum absolute atomic E-state index is 11.0. The number of aromatic nitrogens is 2. The summed E-state index contributed by atoms with van der Waals surface area (Å²) >= 11 is 0. The van der Waals surface area contributed by atoms with Crippen LogP contribution >= 0.6 is 0 Å². The topological polar surface area (TPSA) is 59.9 Å². The van der Waals surface area contributed by atoms with E-state index in [9.17, 15) is 9.59 Å². The van der Waals surface area contributed by atoms with Gasteiger partial charge < -0.3 is 0 Å². The fourth-order valence-corrected chi connectivity index (χ4v) is 3.16. The van der Waals surface area contributed by atoms with Crippen LogP contribution in [0, 0.1) is 0 Å². The molecule has 2 aromatic heterocycles. The van der Waals surface area contributed by atoms with Gasteiger partial charge in [0.05, 0.1) is 11.4 Å². The summed E-state index contributed by atoms with van der Waals surface area (Å²) in [7, 11) is 0. The van der Waals surface area contributed by atoms with Crippen molar-refractivity contribution < 1.29 is 9.59 Å². The van der Waals surface area contributed by atoms with Gasteiger partial charge >= 0.3 is 0 Å². The number of rotatable bonds is 5. The second kappa shape index (κ2) is 7.76. The smallest absolute Gasteiger partial charge is 0.150 e. The van der Waals surface area contributed by atoms with Gasteiger partial charge in [-0.05, 0) is 34.9 Å². The van der Waals surface area contributed by atoms with Gasteiger partial charge in [-0.15, -0.1) is 0 Å². The van der Waals surface area contributed by atoms with Gasteiger partial charge in [0.1, 0.15) is 12.6 Å². The molecule has 0 N–H and O–H groups in total. The second-order valence-electron chi connectivity index (χ2n) is 6.28. The van der Waals surface area contributed by atoms with Crippen molar-refractivity contribution in [1.82, 2.24) is 9.97 Å². The Morgan fingerprint density at radius 1 is 0.607 bits per heavy atom. The molecular weight excluding hydrogens is 348 g/mol. The standard InChI is InChI=1S/C24H16N2O2/c27-15-17-4-8-19(9-5-17)21-12-14-26-24(22-3-1-2-13-25-22)23(21)20-10-6-18(16-28)7-11-20/h1-16H. The summed E-state index contributed by atoms with van der Waals surface area (Å²) in [6, 6.07) is 22.5. The molecule has 0 saturated heterocycles. The molecule has 28 heavy (non-hydrogen) atoms. The summed E-state index contributed by atoms with van der Waals surface area (Å²) in [5.41, 5.74) is 6.58. The van der Waals surface area contributed by atoms with Crippen molar-refractivity contribution in [2.24, 2.45) is 0 Å². The normalized spacial score (nSPS) is 10.4. The lowest BCUT2D eigenvalue weighted by Crippen LogP contribution is -1.95. The Morgan fingerprint density at radius 3 is 1.82 bits per heavy atom. The first kappa shape index (κ1) is 17.5. The first-order valence-electron chi connectivity index (χ1n) is 8.82. The van der Waals surface area contributed by atoms with Crippen LogP contribution < -0.4 is 0 Å². The Hall–Kier alpha value is -3.92. The quantitative estimate of drug-likeness (QED) is 0.462. The third-order valence-corrected chi connectivity index (χ3v) is 4.55. The molecule has 0 atom stereocenters. The Labute approximate surface area is 162 Å². The van der Waals surface area contributed by atoms with E-state index in [0.717, 1.165) is 46.2 Å². The van der Waals surface area contributed by atoms with Crippen LogP contribution in [0.1, 0.15) is 20.7 Å². The molecule has 0 radical (unpaired) electrons. The van der Waals surface area contributed by atoms with Crippen molar-refractivity contribution >= 4 is 12.6 Å². The van der Waals surface area contributed by atoms with Gasteiger partial charge in [0.15, 0.2) is 0 Å². The van der Waals surface area contributed by atoms with E-state index in [-0.39, 0.29) is 0 Å². The van der Waals surface area contributed by atoms with Crippen molar-refractivity contribution in [2.45, 2.75) is 0 Å². The van der Waals surface area contributed by atoms with Gasteiger partial charge in [-0.25, -0.2) is 0 Å². The lowest BCUT2D eigenvalue weighted by molar-refractivity contribution is 0.111. The first-order chi connectivity index (χ1) is 13.8. The summed E-state index contributed by atoms with van der Waals surface area (Å²) in [5.74, 6) is 0. The largest absolute Gasteiger partial charge is 0.298 e. The predicted molar refractivity (Wildman–Crippen MR) is 109 cm³/mol. The fourth-order valence-electron chi connectivity index (χ4n) is 3.16. The average molecular weight is 364 g/mol. The van der Waals surface area contributed by atoms with Crippen LogP contribution in [-0.2, 0) is 0 Å². The summed E-state index contributed by atoms with van der Waals surface area (Å²) in [4.78, 5) is 31.1. The zero-order chi connectivity index (χ0) is 19.3. The van der Waals surface area contributed by atoms with Gasteiger partial charge in [-0.3, -0.25) is 19.6 Å². The number of pyridine rings is 2. The monoisotopic (exact) mass is 364 g/mol. The molecule has 0 amide bonds. The lowest BCUT2D eigenvalue weighted by atomic mass is 9.92. The molecule has 134 valence electrons. The summed E-state index contributed by atoms with van der Waals surface area (Å²) in [6.07, 6.45) is 5.15. The van der Waals surface area contributed by atoms with Crippen LogP contribution in [0.4, 0.5) is 0 Å². The van der Waals surface area contributed by atoms with E-state index in [1.807, 2.05) is 48.5 Å². The molecule has 0 aliphatic carbocycles. The minimum absolute atomic E-state index is 0.615. The first-order valence-corrected chi connectivity index (χ1v) is 8.82. The molecule has 0 fully saturated rings. The number of nitrogens with zero attached hydrogens (tertiary/aromatic N) is 2. The highest BCUT2D eigenvalue weighted by Gasteiger charge is 2.16. The second-order valence-corrected chi connectivity index (χ2v) is 6.28. The molecule has 4 heteroatoms. The van der Waals surface area contributed by atoms with Gasteiger partial charge in [0.25, 0.3) is 0 Å². The van der Waals surface area contributed by atoms with Crippen molar-refractivity contribution in [1.29, 1.82) is 0 Å². The molecule has 4 aromatic rings. The van der Waals surface area contributed by atoms with E-state index in [1.54, 1.807) is 36.7 Å². The molecule has 0 saturated carbocycles. The molecule has 4 rings (SSSR count). The number of benzene rings is 2. The molecule has 2 aromatic carbocycles. The molecule has 4 nitrogen and oxygen atoms in total. The highest BCUT2D eigenvalue weighted by Crippen LogP contribution is 2.38. The molecular formula is C24H16N2O2. The van der Waals surface area contributed by atoms with Crippen LogP contribution in [0.3, 0.4) is 0 Å². The van der Waals surface area contributed by atoms with E-state index in [4.69, 9.17) is 0 Å². The summed E-state index contributed by atoms with van der Waals surface area (Å²) in [6.45, 7) is 0. The SMILES string of the molecule is O=Cc1ccc(-c2ccnc(-c3ccccn3)c2-c2ccc(C=O)cc2)cc1. The van der Waals surface area contributed by atoms with E-state index >= 15 is 0 Å². The van der Waals surface area contributed by atoms with E-state index < -0.39 is 0 Å². The Bertz CT molecular complexity index is 1120. The van der Waals surface area contributed by atoms with Gasteiger partial charge in [-0.1, -0.05) is 54.6 Å². The van der Waals surface area contributed by atoms with E-state index in [1.165, 1.54) is 0 Å². The van der Waals surface area contributed by atoms with E-state index in [2.05, 4.69) is 9.97 Å². The van der Waals surface area contributed by atoms with Crippen LogP contribution in [0.15, 0.2) is 85.2 Å². The summed E-state index contributed by atoms with van der Waals surface area (Å²) < 4.78 is 0. The Morgan fingerprint density at radius 2 is 1.25 bits per heavy atom. The van der Waals surface area contributed by atoms with Crippen molar-refractivity contribution in [3.05, 3.63) is 96.3 Å². The molecule has 0 unspecified atom stereocenters.